The third-order valence-corrected chi connectivity index (χ3v) is 9.26. The molecule has 3 saturated carbocycles. The molecule has 0 amide bonds. The molecule has 1 N–H and O–H groups in total. The second-order valence-corrected chi connectivity index (χ2v) is 10.6. The van der Waals surface area contributed by atoms with E-state index < -0.39 is 63.9 Å². The summed E-state index contributed by atoms with van der Waals surface area (Å²) >= 11 is 0. The van der Waals surface area contributed by atoms with E-state index in [4.69, 9.17) is 4.74 Å². The number of allylic oxidation sites excluding steroid dienone is 4. The average molecular weight is 451 g/mol. The Morgan fingerprint density at radius 3 is 2.50 bits per heavy atom. The summed E-state index contributed by atoms with van der Waals surface area (Å²) in [4.78, 5) is 37.3. The van der Waals surface area contributed by atoms with E-state index in [2.05, 4.69) is 0 Å². The molecule has 0 aromatic heterocycles. The Kier molecular flexibility index (Phi) is 5.13. The van der Waals surface area contributed by atoms with Gasteiger partial charge in [-0.05, 0) is 56.8 Å². The number of ether oxygens (including phenoxy) is 1. The molecule has 7 heteroatoms. The van der Waals surface area contributed by atoms with Gasteiger partial charge in [0.25, 0.3) is 0 Å². The Labute approximate surface area is 187 Å². The fourth-order valence-corrected chi connectivity index (χ4v) is 7.81. The number of hydrogen-bond acceptors (Lipinski definition) is 5. The second kappa shape index (κ2) is 7.05. The van der Waals surface area contributed by atoms with Crippen LogP contribution in [0, 0.1) is 28.6 Å². The molecule has 0 radical (unpaired) electrons. The van der Waals surface area contributed by atoms with E-state index in [9.17, 15) is 19.5 Å². The number of fused-ring (bicyclic) bond motifs is 5. The molecule has 5 nitrogen and oxygen atoms in total. The molecule has 0 saturated heterocycles. The number of alkyl halides is 2. The summed E-state index contributed by atoms with van der Waals surface area (Å²) in [5.41, 5.74) is -6.19. The number of aliphatic hydroxyl groups excluding tert-OH is 1. The molecule has 1 unspecified atom stereocenters. The Balaban J connectivity index is 1.87. The van der Waals surface area contributed by atoms with Gasteiger partial charge in [0.15, 0.2) is 22.8 Å². The predicted molar refractivity (Wildman–Crippen MR) is 113 cm³/mol. The van der Waals surface area contributed by atoms with Crippen LogP contribution in [0.15, 0.2) is 23.8 Å². The molecule has 4 rings (SSSR count). The average Bonchev–Trinajstić information content (AvgIpc) is 2.93. The maximum absolute atomic E-state index is 17.1. The standard InChI is InChI=1S/C25H32F2O5/c1-6-21(31)32-25(14(3)28)13(2)9-16-17-11-19(26)18-10-15(29)7-8-22(18,4)24(17,27)20(30)12-23(16,25)5/h7-8,10,13,16-17,19-20,30H,6,9,11-12H2,1-5H3/t13-,16+,17?,19+,20+,22+,23+,24+,25+/m1/s1. The van der Waals surface area contributed by atoms with Crippen molar-refractivity contribution < 1.29 is 33.0 Å². The third-order valence-electron chi connectivity index (χ3n) is 9.26. The summed E-state index contributed by atoms with van der Waals surface area (Å²) in [6, 6.07) is 0. The monoisotopic (exact) mass is 450 g/mol. The zero-order chi connectivity index (χ0) is 23.9. The van der Waals surface area contributed by atoms with E-state index in [1.165, 1.54) is 19.1 Å². The highest BCUT2D eigenvalue weighted by Gasteiger charge is 2.77. The highest BCUT2D eigenvalue weighted by molar-refractivity contribution is 6.01. The van der Waals surface area contributed by atoms with Crippen LogP contribution in [-0.2, 0) is 19.1 Å². The number of ketones is 2. The first kappa shape index (κ1) is 23.3. The van der Waals surface area contributed by atoms with E-state index in [1.807, 2.05) is 6.92 Å². The number of hydrogen-bond donors (Lipinski definition) is 1. The van der Waals surface area contributed by atoms with Crippen LogP contribution in [0.25, 0.3) is 0 Å². The Morgan fingerprint density at radius 1 is 1.25 bits per heavy atom. The van der Waals surface area contributed by atoms with Gasteiger partial charge in [-0.2, -0.15) is 0 Å². The van der Waals surface area contributed by atoms with Crippen molar-refractivity contribution in [3.05, 3.63) is 23.8 Å². The summed E-state index contributed by atoms with van der Waals surface area (Å²) in [7, 11) is 0. The number of carbonyl (C=O) groups excluding carboxylic acids is 3. The van der Waals surface area contributed by atoms with Crippen LogP contribution in [-0.4, -0.2) is 46.2 Å². The first-order chi connectivity index (χ1) is 14.8. The molecular formula is C25H32F2O5. The van der Waals surface area contributed by atoms with Crippen LogP contribution in [0.1, 0.15) is 60.3 Å². The predicted octanol–water partition coefficient (Wildman–Crippen LogP) is 3.83. The molecule has 0 aromatic carbocycles. The molecule has 32 heavy (non-hydrogen) atoms. The topological polar surface area (TPSA) is 80.7 Å². The van der Waals surface area contributed by atoms with Gasteiger partial charge in [-0.25, -0.2) is 8.78 Å². The number of Topliss-reactive ketones (excluding diaryl/α,β-unsaturated/α-hetero) is 1. The van der Waals surface area contributed by atoms with Crippen LogP contribution in [0.2, 0.25) is 0 Å². The highest BCUT2D eigenvalue weighted by atomic mass is 19.1. The lowest BCUT2D eigenvalue weighted by atomic mass is 9.44. The van der Waals surface area contributed by atoms with E-state index in [0.717, 1.165) is 6.08 Å². The van der Waals surface area contributed by atoms with Crippen LogP contribution in [0.3, 0.4) is 0 Å². The van der Waals surface area contributed by atoms with Crippen molar-refractivity contribution in [1.29, 1.82) is 0 Å². The van der Waals surface area contributed by atoms with E-state index >= 15 is 8.78 Å². The lowest BCUT2D eigenvalue weighted by Gasteiger charge is -2.63. The summed E-state index contributed by atoms with van der Waals surface area (Å²) in [5.74, 6) is -3.06. The largest absolute Gasteiger partial charge is 0.450 e. The van der Waals surface area contributed by atoms with Crippen molar-refractivity contribution in [2.24, 2.45) is 28.6 Å². The summed E-state index contributed by atoms with van der Waals surface area (Å²) in [6.45, 7) is 8.13. The zero-order valence-corrected chi connectivity index (χ0v) is 19.3. The van der Waals surface area contributed by atoms with Gasteiger partial charge in [0.2, 0.25) is 0 Å². The Morgan fingerprint density at radius 2 is 1.91 bits per heavy atom. The van der Waals surface area contributed by atoms with Crippen LogP contribution in [0.5, 0.6) is 0 Å². The van der Waals surface area contributed by atoms with Crippen LogP contribution in [0.4, 0.5) is 8.78 Å². The van der Waals surface area contributed by atoms with Gasteiger partial charge in [-0.1, -0.05) is 26.8 Å². The maximum Gasteiger partial charge on any atom is 0.306 e. The molecule has 4 aliphatic rings. The Bertz CT molecular complexity index is 943. The second-order valence-electron chi connectivity index (χ2n) is 10.6. The molecule has 4 aliphatic carbocycles. The van der Waals surface area contributed by atoms with Gasteiger partial charge in [0.1, 0.15) is 6.17 Å². The number of rotatable bonds is 3. The lowest BCUT2D eigenvalue weighted by Crippen LogP contribution is -2.70. The molecular weight excluding hydrogens is 418 g/mol. The number of carbonyl (C=O) groups is 3. The normalized spacial score (nSPS) is 49.6. The van der Waals surface area contributed by atoms with Crippen molar-refractivity contribution in [1.82, 2.24) is 0 Å². The molecule has 0 aromatic rings. The van der Waals surface area contributed by atoms with Gasteiger partial charge in [-0.15, -0.1) is 0 Å². The van der Waals surface area contributed by atoms with Crippen molar-refractivity contribution >= 4 is 17.5 Å². The van der Waals surface area contributed by atoms with Crippen molar-refractivity contribution in [2.45, 2.75) is 83.8 Å². The SMILES string of the molecule is CCC(=O)O[C@]1(C(C)=O)[C@H](C)C[C@H]2C3C[C@H](F)C4=CC(=O)C=C[C@]4(C)[C@@]3(F)[C@@H](O)C[C@@]21C. The maximum atomic E-state index is 17.1. The van der Waals surface area contributed by atoms with Crippen LogP contribution >= 0.6 is 0 Å². The van der Waals surface area contributed by atoms with Crippen molar-refractivity contribution in [3.63, 3.8) is 0 Å². The third kappa shape index (κ3) is 2.54. The quantitative estimate of drug-likeness (QED) is 0.661. The van der Waals surface area contributed by atoms with E-state index in [1.54, 1.807) is 20.8 Å². The van der Waals surface area contributed by atoms with E-state index in [0.29, 0.717) is 6.42 Å². The molecule has 9 atom stereocenters. The van der Waals surface area contributed by atoms with Crippen molar-refractivity contribution in [3.8, 4) is 0 Å². The van der Waals surface area contributed by atoms with Crippen molar-refractivity contribution in [2.75, 3.05) is 0 Å². The summed E-state index contributed by atoms with van der Waals surface area (Å²) < 4.78 is 38.4. The molecule has 0 aliphatic heterocycles. The summed E-state index contributed by atoms with van der Waals surface area (Å²) in [5, 5.41) is 11.3. The fourth-order valence-electron chi connectivity index (χ4n) is 7.81. The molecule has 0 heterocycles. The zero-order valence-electron chi connectivity index (χ0n) is 19.3. The van der Waals surface area contributed by atoms with Gasteiger partial charge in [-0.3, -0.25) is 14.4 Å². The number of aliphatic hydroxyl groups is 1. The van der Waals surface area contributed by atoms with Crippen LogP contribution < -0.4 is 0 Å². The first-order valence-corrected chi connectivity index (χ1v) is 11.5. The van der Waals surface area contributed by atoms with E-state index in [-0.39, 0.29) is 30.6 Å². The first-order valence-electron chi connectivity index (χ1n) is 11.5. The molecule has 0 spiro atoms. The fraction of sp³-hybridized carbons (Fsp3) is 0.720. The Hall–Kier alpha value is -1.89. The molecule has 0 bridgehead atoms. The number of halogens is 2. The van der Waals surface area contributed by atoms with Gasteiger partial charge >= 0.3 is 5.97 Å². The van der Waals surface area contributed by atoms with Gasteiger partial charge < -0.3 is 9.84 Å². The minimum atomic E-state index is -2.22. The van der Waals surface area contributed by atoms with Gasteiger partial charge in [0, 0.05) is 29.1 Å². The summed E-state index contributed by atoms with van der Waals surface area (Å²) in [6.07, 6.45) is 0.869. The lowest BCUT2D eigenvalue weighted by molar-refractivity contribution is -0.230. The minimum absolute atomic E-state index is 0.0627. The highest BCUT2D eigenvalue weighted by Crippen LogP contribution is 2.71. The molecule has 176 valence electrons. The molecule has 3 fully saturated rings. The minimum Gasteiger partial charge on any atom is -0.450 e. The van der Waals surface area contributed by atoms with Gasteiger partial charge in [0.05, 0.1) is 6.10 Å². The smallest absolute Gasteiger partial charge is 0.306 e. The number of esters is 1.